The summed E-state index contributed by atoms with van der Waals surface area (Å²) in [7, 11) is 0. The first-order chi connectivity index (χ1) is 8.31. The molecule has 0 saturated carbocycles. The maximum Gasteiger partial charge on any atom is 0.166 e. The van der Waals surface area contributed by atoms with E-state index in [0.29, 0.717) is 12.0 Å². The number of ketones is 1. The highest BCUT2D eigenvalue weighted by Crippen LogP contribution is 2.35. The van der Waals surface area contributed by atoms with Crippen LogP contribution in [-0.4, -0.2) is 10.9 Å². The van der Waals surface area contributed by atoms with Gasteiger partial charge < -0.3 is 5.11 Å². The van der Waals surface area contributed by atoms with Crippen molar-refractivity contribution in [3.63, 3.8) is 0 Å². The third kappa shape index (κ3) is 3.12. The Labute approximate surface area is 110 Å². The summed E-state index contributed by atoms with van der Waals surface area (Å²) in [6, 6.07) is 3.85. The first kappa shape index (κ1) is 14.7. The normalized spacial score (nSPS) is 11.6. The molecule has 1 aromatic carbocycles. The van der Waals surface area contributed by atoms with E-state index in [4.69, 9.17) is 0 Å². The number of hydrogen-bond acceptors (Lipinski definition) is 2. The van der Waals surface area contributed by atoms with Gasteiger partial charge >= 0.3 is 0 Å². The highest BCUT2D eigenvalue weighted by molar-refractivity contribution is 5.99. The Morgan fingerprint density at radius 2 is 1.83 bits per heavy atom. The third-order valence-electron chi connectivity index (χ3n) is 3.16. The fourth-order valence-corrected chi connectivity index (χ4v) is 2.04. The number of aryl methyl sites for hydroxylation is 1. The van der Waals surface area contributed by atoms with Gasteiger partial charge in [0.2, 0.25) is 0 Å². The summed E-state index contributed by atoms with van der Waals surface area (Å²) in [6.45, 7) is 10.2. The fraction of sp³-hybridized carbons (Fsp3) is 0.562. The molecular formula is C16H24O2. The largest absolute Gasteiger partial charge is 0.507 e. The predicted molar refractivity (Wildman–Crippen MR) is 75.4 cm³/mol. The molecule has 1 N–H and O–H groups in total. The van der Waals surface area contributed by atoms with Gasteiger partial charge in [-0.05, 0) is 29.9 Å². The second-order valence-corrected chi connectivity index (χ2v) is 5.82. The van der Waals surface area contributed by atoms with Crippen molar-refractivity contribution >= 4 is 5.78 Å². The first-order valence-electron chi connectivity index (χ1n) is 6.70. The maximum absolute atomic E-state index is 12.1. The molecule has 18 heavy (non-hydrogen) atoms. The summed E-state index contributed by atoms with van der Waals surface area (Å²) < 4.78 is 0. The summed E-state index contributed by atoms with van der Waals surface area (Å²) in [4.78, 5) is 12.1. The number of rotatable bonds is 4. The fourth-order valence-electron chi connectivity index (χ4n) is 2.04. The van der Waals surface area contributed by atoms with Gasteiger partial charge in [0.25, 0.3) is 0 Å². The zero-order valence-corrected chi connectivity index (χ0v) is 12.1. The SMILES string of the molecule is CCCC(=O)c1cc(CC)cc(C(C)(C)C)c1O. The number of benzene rings is 1. The number of phenolic OH excluding ortho intramolecular Hbond substituents is 1. The van der Waals surface area contributed by atoms with Crippen LogP contribution in [0.1, 0.15) is 68.9 Å². The molecule has 0 aliphatic rings. The van der Waals surface area contributed by atoms with Crippen LogP contribution in [-0.2, 0) is 11.8 Å². The predicted octanol–water partition coefficient (Wildman–Crippen LogP) is 4.23. The molecule has 0 aliphatic carbocycles. The topological polar surface area (TPSA) is 37.3 Å². The van der Waals surface area contributed by atoms with Crippen molar-refractivity contribution in [2.45, 2.75) is 59.3 Å². The summed E-state index contributed by atoms with van der Waals surface area (Å²) in [5.41, 5.74) is 2.30. The summed E-state index contributed by atoms with van der Waals surface area (Å²) in [6.07, 6.45) is 2.17. The Bertz CT molecular complexity index is 439. The molecule has 0 heterocycles. The van der Waals surface area contributed by atoms with E-state index in [1.54, 1.807) is 0 Å². The standard InChI is InChI=1S/C16H24O2/c1-6-8-14(17)12-9-11(7-2)10-13(15(12)18)16(3,4)5/h9-10,18H,6-8H2,1-5H3. The van der Waals surface area contributed by atoms with E-state index < -0.39 is 0 Å². The quantitative estimate of drug-likeness (QED) is 0.809. The van der Waals surface area contributed by atoms with Crippen LogP contribution >= 0.6 is 0 Å². The van der Waals surface area contributed by atoms with Crippen LogP contribution in [0.5, 0.6) is 5.75 Å². The number of phenols is 1. The molecule has 0 amide bonds. The molecule has 0 aliphatic heterocycles. The highest BCUT2D eigenvalue weighted by atomic mass is 16.3. The van der Waals surface area contributed by atoms with Crippen molar-refractivity contribution in [2.75, 3.05) is 0 Å². The Balaban J connectivity index is 3.39. The lowest BCUT2D eigenvalue weighted by Gasteiger charge is -2.23. The third-order valence-corrected chi connectivity index (χ3v) is 3.16. The van der Waals surface area contributed by atoms with Crippen LogP contribution in [0.4, 0.5) is 0 Å². The lowest BCUT2D eigenvalue weighted by Crippen LogP contribution is -2.14. The second-order valence-electron chi connectivity index (χ2n) is 5.82. The van der Waals surface area contributed by atoms with E-state index in [2.05, 4.69) is 27.7 Å². The molecule has 1 aromatic rings. The number of carbonyl (C=O) groups is 1. The lowest BCUT2D eigenvalue weighted by molar-refractivity contribution is 0.0979. The average Bonchev–Trinajstić information content (AvgIpc) is 2.28. The van der Waals surface area contributed by atoms with Crippen molar-refractivity contribution < 1.29 is 9.90 Å². The average molecular weight is 248 g/mol. The van der Waals surface area contributed by atoms with Gasteiger partial charge in [0.15, 0.2) is 5.78 Å². The van der Waals surface area contributed by atoms with E-state index >= 15 is 0 Å². The second kappa shape index (κ2) is 5.55. The van der Waals surface area contributed by atoms with Crippen LogP contribution < -0.4 is 0 Å². The molecule has 0 spiro atoms. The van der Waals surface area contributed by atoms with Crippen molar-refractivity contribution in [3.8, 4) is 5.75 Å². The monoisotopic (exact) mass is 248 g/mol. The van der Waals surface area contributed by atoms with Crippen LogP contribution in [0.25, 0.3) is 0 Å². The molecule has 0 bridgehead atoms. The molecule has 0 atom stereocenters. The summed E-state index contributed by atoms with van der Waals surface area (Å²) in [5.74, 6) is 0.203. The zero-order valence-electron chi connectivity index (χ0n) is 12.1. The van der Waals surface area contributed by atoms with Gasteiger partial charge in [0, 0.05) is 12.0 Å². The minimum absolute atomic E-state index is 0.0378. The minimum Gasteiger partial charge on any atom is -0.507 e. The molecular weight excluding hydrogens is 224 g/mol. The van der Waals surface area contributed by atoms with Gasteiger partial charge in [-0.2, -0.15) is 0 Å². The van der Waals surface area contributed by atoms with Crippen LogP contribution in [0, 0.1) is 0 Å². The van der Waals surface area contributed by atoms with Crippen LogP contribution in [0.2, 0.25) is 0 Å². The molecule has 0 radical (unpaired) electrons. The van der Waals surface area contributed by atoms with Crippen molar-refractivity contribution in [1.82, 2.24) is 0 Å². The van der Waals surface area contributed by atoms with Gasteiger partial charge in [0.05, 0.1) is 5.56 Å². The highest BCUT2D eigenvalue weighted by Gasteiger charge is 2.23. The van der Waals surface area contributed by atoms with E-state index in [-0.39, 0.29) is 16.9 Å². The van der Waals surface area contributed by atoms with Gasteiger partial charge in [-0.25, -0.2) is 0 Å². The minimum atomic E-state index is -0.156. The maximum atomic E-state index is 12.1. The Morgan fingerprint density at radius 1 is 1.22 bits per heavy atom. The van der Waals surface area contributed by atoms with Gasteiger partial charge in [-0.1, -0.05) is 40.7 Å². The van der Waals surface area contributed by atoms with Gasteiger partial charge in [-0.3, -0.25) is 4.79 Å². The number of Topliss-reactive ketones (excluding diaryl/α,β-unsaturated/α-hetero) is 1. The van der Waals surface area contributed by atoms with Gasteiger partial charge in [0.1, 0.15) is 5.75 Å². The Morgan fingerprint density at radius 3 is 2.28 bits per heavy atom. The van der Waals surface area contributed by atoms with Crippen molar-refractivity contribution in [1.29, 1.82) is 0 Å². The molecule has 100 valence electrons. The molecule has 2 heteroatoms. The molecule has 0 unspecified atom stereocenters. The first-order valence-corrected chi connectivity index (χ1v) is 6.70. The zero-order chi connectivity index (χ0) is 13.9. The number of aromatic hydroxyl groups is 1. The van der Waals surface area contributed by atoms with Gasteiger partial charge in [-0.15, -0.1) is 0 Å². The number of hydrogen-bond donors (Lipinski definition) is 1. The molecule has 0 saturated heterocycles. The lowest BCUT2D eigenvalue weighted by atomic mass is 9.83. The van der Waals surface area contributed by atoms with Crippen molar-refractivity contribution in [3.05, 3.63) is 28.8 Å². The van der Waals surface area contributed by atoms with E-state index in [9.17, 15) is 9.90 Å². The van der Waals surface area contributed by atoms with E-state index in [0.717, 1.165) is 24.0 Å². The molecule has 0 aromatic heterocycles. The Hall–Kier alpha value is -1.31. The molecule has 1 rings (SSSR count). The van der Waals surface area contributed by atoms with Crippen LogP contribution in [0.3, 0.4) is 0 Å². The summed E-state index contributed by atoms with van der Waals surface area (Å²) in [5, 5.41) is 10.3. The number of carbonyl (C=O) groups excluding carboxylic acids is 1. The summed E-state index contributed by atoms with van der Waals surface area (Å²) >= 11 is 0. The Kier molecular flexibility index (Phi) is 4.55. The molecule has 2 nitrogen and oxygen atoms in total. The smallest absolute Gasteiger partial charge is 0.166 e. The van der Waals surface area contributed by atoms with E-state index in [1.807, 2.05) is 19.1 Å². The van der Waals surface area contributed by atoms with E-state index in [1.165, 1.54) is 0 Å². The van der Waals surface area contributed by atoms with Crippen molar-refractivity contribution in [2.24, 2.45) is 0 Å². The van der Waals surface area contributed by atoms with Crippen LogP contribution in [0.15, 0.2) is 12.1 Å². The molecule has 0 fully saturated rings.